The third kappa shape index (κ3) is 5.90. The van der Waals surface area contributed by atoms with Gasteiger partial charge in [0.15, 0.2) is 5.12 Å². The Labute approximate surface area is 237 Å². The zero-order valence-corrected chi connectivity index (χ0v) is 26.4. The van der Waals surface area contributed by atoms with E-state index in [0.717, 1.165) is 38.5 Å². The summed E-state index contributed by atoms with van der Waals surface area (Å²) < 4.78 is 5.94. The second-order valence-electron chi connectivity index (χ2n) is 15.3. The highest BCUT2D eigenvalue weighted by Crippen LogP contribution is 2.68. The summed E-state index contributed by atoms with van der Waals surface area (Å²) >= 11 is 1.49. The maximum absolute atomic E-state index is 12.6. The van der Waals surface area contributed by atoms with Gasteiger partial charge in [-0.2, -0.15) is 0 Å². The normalized spacial score (nSPS) is 42.4. The summed E-state index contributed by atoms with van der Waals surface area (Å²) in [4.78, 5) is 25.0. The fourth-order valence-electron chi connectivity index (χ4n) is 9.65. The Hall–Kier alpha value is -0.550. The summed E-state index contributed by atoms with van der Waals surface area (Å²) in [6.45, 7) is 17.8. The molecular formula is C33H56O4S. The van der Waals surface area contributed by atoms with E-state index >= 15 is 0 Å². The molecule has 218 valence electrons. The van der Waals surface area contributed by atoms with Crippen molar-refractivity contribution in [3.8, 4) is 0 Å². The molecule has 9 unspecified atom stereocenters. The van der Waals surface area contributed by atoms with Gasteiger partial charge in [-0.15, -0.1) is 0 Å². The van der Waals surface area contributed by atoms with Gasteiger partial charge in [-0.3, -0.25) is 9.59 Å². The van der Waals surface area contributed by atoms with E-state index in [2.05, 4.69) is 41.5 Å². The number of carbonyl (C=O) groups is 2. The minimum absolute atomic E-state index is 0.0110. The second kappa shape index (κ2) is 11.4. The van der Waals surface area contributed by atoms with Gasteiger partial charge < -0.3 is 9.84 Å². The van der Waals surface area contributed by atoms with Gasteiger partial charge in [-0.1, -0.05) is 67.2 Å². The van der Waals surface area contributed by atoms with Crippen LogP contribution in [0.3, 0.4) is 0 Å². The SMILES string of the molecule is CCC(C)C(=O)OC1CC[C@@]2(C)C(C1)CC(O)C1C3CCC(C(C)CCC(=O)SC(C)(C)C)[C@@]3(C)CCC12. The molecule has 11 atom stereocenters. The third-order valence-corrected chi connectivity index (χ3v) is 13.0. The Balaban J connectivity index is 1.42. The van der Waals surface area contributed by atoms with E-state index in [-0.39, 0.29) is 39.7 Å². The van der Waals surface area contributed by atoms with Crippen molar-refractivity contribution in [2.45, 2.75) is 143 Å². The Bertz CT molecular complexity index is 866. The summed E-state index contributed by atoms with van der Waals surface area (Å²) in [6.07, 6.45) is 11.0. The first-order valence-electron chi connectivity index (χ1n) is 15.8. The molecule has 0 radical (unpaired) electrons. The molecule has 0 saturated heterocycles. The first kappa shape index (κ1) is 30.4. The number of rotatable bonds is 7. The van der Waals surface area contributed by atoms with E-state index in [1.807, 2.05) is 13.8 Å². The molecular weight excluding hydrogens is 492 g/mol. The molecule has 0 spiro atoms. The van der Waals surface area contributed by atoms with Gasteiger partial charge in [-0.05, 0) is 111 Å². The summed E-state index contributed by atoms with van der Waals surface area (Å²) in [7, 11) is 0. The number of hydrogen-bond donors (Lipinski definition) is 1. The van der Waals surface area contributed by atoms with Crippen molar-refractivity contribution >= 4 is 22.8 Å². The topological polar surface area (TPSA) is 63.6 Å². The summed E-state index contributed by atoms with van der Waals surface area (Å²) in [6, 6.07) is 0. The summed E-state index contributed by atoms with van der Waals surface area (Å²) in [5, 5.41) is 12.0. The monoisotopic (exact) mass is 548 g/mol. The van der Waals surface area contributed by atoms with Gasteiger partial charge in [0.1, 0.15) is 6.10 Å². The molecule has 0 bridgehead atoms. The van der Waals surface area contributed by atoms with E-state index in [1.54, 1.807) is 0 Å². The van der Waals surface area contributed by atoms with Crippen molar-refractivity contribution in [2.24, 2.45) is 52.3 Å². The van der Waals surface area contributed by atoms with Crippen molar-refractivity contribution < 1.29 is 19.4 Å². The predicted molar refractivity (Wildman–Crippen MR) is 157 cm³/mol. The highest BCUT2D eigenvalue weighted by molar-refractivity contribution is 8.14. The van der Waals surface area contributed by atoms with Crippen LogP contribution >= 0.6 is 11.8 Å². The minimum Gasteiger partial charge on any atom is -0.462 e. The van der Waals surface area contributed by atoms with E-state index < -0.39 is 0 Å². The fourth-order valence-corrected chi connectivity index (χ4v) is 10.6. The molecule has 4 fully saturated rings. The van der Waals surface area contributed by atoms with Crippen LogP contribution in [0, 0.1) is 52.3 Å². The molecule has 1 N–H and O–H groups in total. The first-order valence-corrected chi connectivity index (χ1v) is 16.6. The van der Waals surface area contributed by atoms with Gasteiger partial charge in [0.05, 0.1) is 12.0 Å². The molecule has 0 aliphatic heterocycles. The van der Waals surface area contributed by atoms with Gasteiger partial charge in [0.2, 0.25) is 0 Å². The van der Waals surface area contributed by atoms with Crippen molar-refractivity contribution in [1.82, 2.24) is 0 Å². The number of fused-ring (bicyclic) bond motifs is 5. The summed E-state index contributed by atoms with van der Waals surface area (Å²) in [5.74, 6) is 3.10. The molecule has 0 amide bonds. The lowest BCUT2D eigenvalue weighted by Gasteiger charge is -2.62. The highest BCUT2D eigenvalue weighted by atomic mass is 32.2. The average Bonchev–Trinajstić information content (AvgIpc) is 3.19. The van der Waals surface area contributed by atoms with Crippen molar-refractivity contribution in [1.29, 1.82) is 0 Å². The number of esters is 1. The molecule has 5 heteroatoms. The first-order chi connectivity index (χ1) is 17.7. The lowest BCUT2D eigenvalue weighted by Crippen LogP contribution is -2.58. The van der Waals surface area contributed by atoms with Crippen LogP contribution in [0.4, 0.5) is 0 Å². The molecule has 38 heavy (non-hydrogen) atoms. The average molecular weight is 549 g/mol. The van der Waals surface area contributed by atoms with Crippen LogP contribution in [-0.2, 0) is 14.3 Å². The maximum atomic E-state index is 12.6. The molecule has 4 aliphatic carbocycles. The zero-order valence-electron chi connectivity index (χ0n) is 25.6. The molecule has 0 aromatic rings. The Morgan fingerprint density at radius 3 is 2.32 bits per heavy atom. The number of aliphatic hydroxyl groups excluding tert-OH is 1. The quantitative estimate of drug-likeness (QED) is 0.326. The van der Waals surface area contributed by atoms with Gasteiger partial charge in [0.25, 0.3) is 0 Å². The zero-order chi connectivity index (χ0) is 28.0. The summed E-state index contributed by atoms with van der Waals surface area (Å²) in [5.41, 5.74) is 0.513. The van der Waals surface area contributed by atoms with Gasteiger partial charge in [0, 0.05) is 11.2 Å². The van der Waals surface area contributed by atoms with Crippen LogP contribution in [0.25, 0.3) is 0 Å². The smallest absolute Gasteiger partial charge is 0.308 e. The largest absolute Gasteiger partial charge is 0.462 e. The van der Waals surface area contributed by atoms with Crippen molar-refractivity contribution in [3.05, 3.63) is 0 Å². The minimum atomic E-state index is -0.245. The number of ether oxygens (including phenoxy) is 1. The standard InChI is InChI=1S/C33H56O4S/c1-9-20(2)30(36)37-23-14-16-32(7)22(18-23)19-27(34)29-25-12-11-24(33(25,8)17-15-26(29)32)21(3)10-13-28(35)38-31(4,5)6/h20-27,29,34H,9-19H2,1-8H3/t20?,21?,22?,23?,24?,25?,26?,27?,29?,32-,33+/m0/s1. The second-order valence-corrected chi connectivity index (χ2v) is 17.2. The lowest BCUT2D eigenvalue weighted by molar-refractivity contribution is -0.184. The molecule has 4 saturated carbocycles. The fraction of sp³-hybridized carbons (Fsp3) is 0.939. The van der Waals surface area contributed by atoms with Crippen LogP contribution in [0.5, 0.6) is 0 Å². The molecule has 4 nitrogen and oxygen atoms in total. The lowest BCUT2D eigenvalue weighted by atomic mass is 9.43. The maximum Gasteiger partial charge on any atom is 0.308 e. The molecule has 0 heterocycles. The molecule has 0 aromatic heterocycles. The van der Waals surface area contributed by atoms with E-state index in [1.165, 1.54) is 37.4 Å². The van der Waals surface area contributed by atoms with E-state index in [0.29, 0.717) is 47.0 Å². The van der Waals surface area contributed by atoms with E-state index in [9.17, 15) is 14.7 Å². The highest BCUT2D eigenvalue weighted by Gasteiger charge is 2.63. The van der Waals surface area contributed by atoms with Crippen LogP contribution in [0.2, 0.25) is 0 Å². The molecule has 4 rings (SSSR count). The Kier molecular flexibility index (Phi) is 9.11. The van der Waals surface area contributed by atoms with Crippen LogP contribution in [0.1, 0.15) is 126 Å². The molecule has 4 aliphatic rings. The number of thioether (sulfide) groups is 1. The van der Waals surface area contributed by atoms with Crippen LogP contribution in [0.15, 0.2) is 0 Å². The van der Waals surface area contributed by atoms with Crippen LogP contribution in [-0.4, -0.2) is 33.1 Å². The van der Waals surface area contributed by atoms with Crippen molar-refractivity contribution in [2.75, 3.05) is 0 Å². The Morgan fingerprint density at radius 2 is 1.66 bits per heavy atom. The van der Waals surface area contributed by atoms with Crippen molar-refractivity contribution in [3.63, 3.8) is 0 Å². The van der Waals surface area contributed by atoms with Crippen LogP contribution < -0.4 is 0 Å². The molecule has 0 aromatic carbocycles. The van der Waals surface area contributed by atoms with E-state index in [4.69, 9.17) is 4.74 Å². The number of aliphatic hydroxyl groups is 1. The van der Waals surface area contributed by atoms with Gasteiger partial charge >= 0.3 is 5.97 Å². The van der Waals surface area contributed by atoms with Gasteiger partial charge in [-0.25, -0.2) is 0 Å². The number of hydrogen-bond acceptors (Lipinski definition) is 5. The Morgan fingerprint density at radius 1 is 1.00 bits per heavy atom. The predicted octanol–water partition coefficient (Wildman–Crippen LogP) is 8.05. The number of carbonyl (C=O) groups excluding carboxylic acids is 2. The third-order valence-electron chi connectivity index (χ3n) is 11.9.